The van der Waals surface area contributed by atoms with Gasteiger partial charge in [-0.3, -0.25) is 0 Å². The molecule has 112 valence electrons. The SMILES string of the molecule is CCNC(c1ccc(Cl)c(Cl)c1)c1ccc(OC)cc1F. The number of hydrogen-bond donors (Lipinski definition) is 1. The molecule has 2 rings (SSSR count). The minimum atomic E-state index is -0.327. The van der Waals surface area contributed by atoms with Gasteiger partial charge in [-0.15, -0.1) is 0 Å². The maximum absolute atomic E-state index is 14.3. The quantitative estimate of drug-likeness (QED) is 0.848. The first-order valence-electron chi connectivity index (χ1n) is 6.58. The van der Waals surface area contributed by atoms with Gasteiger partial charge in [-0.25, -0.2) is 4.39 Å². The lowest BCUT2D eigenvalue weighted by Gasteiger charge is -2.20. The summed E-state index contributed by atoms with van der Waals surface area (Å²) >= 11 is 12.0. The summed E-state index contributed by atoms with van der Waals surface area (Å²) in [7, 11) is 1.51. The average Bonchev–Trinajstić information content (AvgIpc) is 2.48. The predicted octanol–water partition coefficient (Wildman–Crippen LogP) is 4.84. The van der Waals surface area contributed by atoms with Crippen LogP contribution in [0, 0.1) is 5.82 Å². The van der Waals surface area contributed by atoms with Gasteiger partial charge in [0.15, 0.2) is 0 Å². The van der Waals surface area contributed by atoms with Gasteiger partial charge >= 0.3 is 0 Å². The summed E-state index contributed by atoms with van der Waals surface area (Å²) in [6.45, 7) is 2.66. The molecule has 0 aliphatic heterocycles. The molecular weight excluding hydrogens is 312 g/mol. The number of methoxy groups -OCH3 is 1. The molecular formula is C16H16Cl2FNO. The monoisotopic (exact) mass is 327 g/mol. The number of benzene rings is 2. The third kappa shape index (κ3) is 3.67. The zero-order valence-electron chi connectivity index (χ0n) is 11.8. The molecule has 0 amide bonds. The first kappa shape index (κ1) is 16.1. The molecule has 1 atom stereocenters. The van der Waals surface area contributed by atoms with Gasteiger partial charge < -0.3 is 10.1 Å². The molecule has 0 bridgehead atoms. The van der Waals surface area contributed by atoms with Crippen molar-refractivity contribution in [3.63, 3.8) is 0 Å². The van der Waals surface area contributed by atoms with Crippen LogP contribution in [0.15, 0.2) is 36.4 Å². The van der Waals surface area contributed by atoms with Crippen molar-refractivity contribution in [1.82, 2.24) is 5.32 Å². The third-order valence-electron chi connectivity index (χ3n) is 3.20. The molecule has 0 fully saturated rings. The molecule has 0 aliphatic carbocycles. The van der Waals surface area contributed by atoms with E-state index in [-0.39, 0.29) is 11.9 Å². The number of halogens is 3. The van der Waals surface area contributed by atoms with Crippen LogP contribution in [-0.4, -0.2) is 13.7 Å². The second-order valence-corrected chi connectivity index (χ2v) is 5.37. The Bertz CT molecular complexity index is 634. The highest BCUT2D eigenvalue weighted by Crippen LogP contribution is 2.31. The van der Waals surface area contributed by atoms with Crippen molar-refractivity contribution in [2.75, 3.05) is 13.7 Å². The van der Waals surface area contributed by atoms with Crippen molar-refractivity contribution in [3.8, 4) is 5.75 Å². The Morgan fingerprint density at radius 1 is 1.14 bits per heavy atom. The second-order valence-electron chi connectivity index (χ2n) is 4.55. The molecule has 0 saturated carbocycles. The van der Waals surface area contributed by atoms with E-state index < -0.39 is 0 Å². The fraction of sp³-hybridized carbons (Fsp3) is 0.250. The highest BCUT2D eigenvalue weighted by Gasteiger charge is 2.18. The van der Waals surface area contributed by atoms with E-state index in [0.29, 0.717) is 27.9 Å². The topological polar surface area (TPSA) is 21.3 Å². The molecule has 1 N–H and O–H groups in total. The van der Waals surface area contributed by atoms with Crippen LogP contribution < -0.4 is 10.1 Å². The molecule has 0 aromatic heterocycles. The van der Waals surface area contributed by atoms with Gasteiger partial charge in [0.2, 0.25) is 0 Å². The fourth-order valence-electron chi connectivity index (χ4n) is 2.17. The zero-order valence-corrected chi connectivity index (χ0v) is 13.3. The van der Waals surface area contributed by atoms with Gasteiger partial charge in [-0.05, 0) is 30.3 Å². The summed E-state index contributed by atoms with van der Waals surface area (Å²) in [6, 6.07) is 9.83. The molecule has 21 heavy (non-hydrogen) atoms. The lowest BCUT2D eigenvalue weighted by Crippen LogP contribution is -2.23. The Kier molecular flexibility index (Phi) is 5.45. The van der Waals surface area contributed by atoms with Crippen LogP contribution >= 0.6 is 23.2 Å². The summed E-state index contributed by atoms with van der Waals surface area (Å²) < 4.78 is 19.3. The molecule has 0 heterocycles. The van der Waals surface area contributed by atoms with E-state index >= 15 is 0 Å². The number of hydrogen-bond acceptors (Lipinski definition) is 2. The molecule has 2 aromatic rings. The zero-order chi connectivity index (χ0) is 15.4. The smallest absolute Gasteiger partial charge is 0.132 e. The van der Waals surface area contributed by atoms with Crippen LogP contribution in [0.4, 0.5) is 4.39 Å². The van der Waals surface area contributed by atoms with Crippen LogP contribution in [0.3, 0.4) is 0 Å². The highest BCUT2D eigenvalue weighted by atomic mass is 35.5. The maximum Gasteiger partial charge on any atom is 0.132 e. The minimum Gasteiger partial charge on any atom is -0.497 e. The van der Waals surface area contributed by atoms with Crippen LogP contribution in [0.2, 0.25) is 10.0 Å². The van der Waals surface area contributed by atoms with Crippen molar-refractivity contribution in [2.24, 2.45) is 0 Å². The summed E-state index contributed by atoms with van der Waals surface area (Å²) in [5.41, 5.74) is 1.39. The largest absolute Gasteiger partial charge is 0.497 e. The summed E-state index contributed by atoms with van der Waals surface area (Å²) in [6.07, 6.45) is 0. The number of rotatable bonds is 5. The lowest BCUT2D eigenvalue weighted by atomic mass is 9.98. The third-order valence-corrected chi connectivity index (χ3v) is 3.94. The van der Waals surface area contributed by atoms with Crippen LogP contribution in [0.5, 0.6) is 5.75 Å². The maximum atomic E-state index is 14.3. The van der Waals surface area contributed by atoms with Gasteiger partial charge in [-0.1, -0.05) is 42.3 Å². The summed E-state index contributed by atoms with van der Waals surface area (Å²) in [5.74, 6) is 0.159. The molecule has 2 aromatic carbocycles. The van der Waals surface area contributed by atoms with Crippen LogP contribution in [0.25, 0.3) is 0 Å². The van der Waals surface area contributed by atoms with Crippen molar-refractivity contribution >= 4 is 23.2 Å². The van der Waals surface area contributed by atoms with Crippen molar-refractivity contribution in [3.05, 3.63) is 63.4 Å². The Labute approximate surface area is 133 Å². The molecule has 1 unspecified atom stereocenters. The number of nitrogens with one attached hydrogen (secondary N) is 1. The van der Waals surface area contributed by atoms with Crippen molar-refractivity contribution in [1.29, 1.82) is 0 Å². The Morgan fingerprint density at radius 2 is 1.90 bits per heavy atom. The molecule has 0 spiro atoms. The molecule has 0 aliphatic rings. The Balaban J connectivity index is 2.45. The van der Waals surface area contributed by atoms with E-state index in [1.165, 1.54) is 13.2 Å². The fourth-order valence-corrected chi connectivity index (χ4v) is 2.48. The van der Waals surface area contributed by atoms with Gasteiger partial charge in [0.1, 0.15) is 11.6 Å². The standard InChI is InChI=1S/C16H16Cl2FNO/c1-3-20-16(10-4-7-13(17)14(18)8-10)12-6-5-11(21-2)9-15(12)19/h4-9,16,20H,3H2,1-2H3. The van der Waals surface area contributed by atoms with E-state index in [1.54, 1.807) is 24.3 Å². The molecule has 5 heteroatoms. The Hall–Kier alpha value is -1.29. The van der Waals surface area contributed by atoms with Gasteiger partial charge in [0.05, 0.1) is 23.2 Å². The van der Waals surface area contributed by atoms with E-state index in [0.717, 1.165) is 5.56 Å². The van der Waals surface area contributed by atoms with E-state index in [1.807, 2.05) is 13.0 Å². The first-order valence-corrected chi connectivity index (χ1v) is 7.34. The second kappa shape index (κ2) is 7.12. The van der Waals surface area contributed by atoms with Crippen LogP contribution in [0.1, 0.15) is 24.1 Å². The molecule has 0 saturated heterocycles. The first-order chi connectivity index (χ1) is 10.1. The van der Waals surface area contributed by atoms with Gasteiger partial charge in [0.25, 0.3) is 0 Å². The van der Waals surface area contributed by atoms with Gasteiger partial charge in [-0.2, -0.15) is 0 Å². The highest BCUT2D eigenvalue weighted by molar-refractivity contribution is 6.42. The lowest BCUT2D eigenvalue weighted by molar-refractivity contribution is 0.410. The molecule has 2 nitrogen and oxygen atoms in total. The minimum absolute atomic E-state index is 0.296. The van der Waals surface area contributed by atoms with E-state index in [9.17, 15) is 4.39 Å². The normalized spacial score (nSPS) is 12.2. The van der Waals surface area contributed by atoms with Crippen LogP contribution in [-0.2, 0) is 0 Å². The average molecular weight is 328 g/mol. The van der Waals surface area contributed by atoms with E-state index in [2.05, 4.69) is 5.32 Å². The van der Waals surface area contributed by atoms with Gasteiger partial charge in [0, 0.05) is 11.6 Å². The van der Waals surface area contributed by atoms with Crippen molar-refractivity contribution < 1.29 is 9.13 Å². The summed E-state index contributed by atoms with van der Waals surface area (Å²) in [5, 5.41) is 4.19. The van der Waals surface area contributed by atoms with E-state index in [4.69, 9.17) is 27.9 Å². The molecule has 0 radical (unpaired) electrons. The number of ether oxygens (including phenoxy) is 1. The predicted molar refractivity (Wildman–Crippen MR) is 84.9 cm³/mol. The van der Waals surface area contributed by atoms with Crippen molar-refractivity contribution in [2.45, 2.75) is 13.0 Å². The Morgan fingerprint density at radius 3 is 2.48 bits per heavy atom. The summed E-state index contributed by atoms with van der Waals surface area (Å²) in [4.78, 5) is 0.